The zero-order chi connectivity index (χ0) is 17.0. The number of nitrogens with zero attached hydrogens (tertiary/aromatic N) is 2. The molecular formula is C19H26N2O3. The summed E-state index contributed by atoms with van der Waals surface area (Å²) < 4.78 is 12.0. The van der Waals surface area contributed by atoms with Crippen molar-refractivity contribution in [3.05, 3.63) is 23.8 Å². The largest absolute Gasteiger partial charge is 0.493 e. The lowest BCUT2D eigenvalue weighted by Crippen LogP contribution is -2.36. The highest BCUT2D eigenvalue weighted by atomic mass is 16.5. The van der Waals surface area contributed by atoms with Crippen LogP contribution in [0.15, 0.2) is 23.2 Å². The summed E-state index contributed by atoms with van der Waals surface area (Å²) in [4.78, 5) is 17.6. The van der Waals surface area contributed by atoms with Crippen LogP contribution in [-0.2, 0) is 10.3 Å². The molecule has 0 N–H and O–H groups in total. The molecule has 5 nitrogen and oxygen atoms in total. The van der Waals surface area contributed by atoms with Crippen molar-refractivity contribution in [3.8, 4) is 11.5 Å². The van der Waals surface area contributed by atoms with E-state index < -0.39 is 5.54 Å². The molecule has 1 aromatic carbocycles. The van der Waals surface area contributed by atoms with E-state index in [4.69, 9.17) is 9.47 Å². The third kappa shape index (κ3) is 3.33. The van der Waals surface area contributed by atoms with E-state index in [1.54, 1.807) is 13.2 Å². The van der Waals surface area contributed by atoms with Gasteiger partial charge in [0.2, 0.25) is 6.08 Å². The molecule has 0 unspecified atom stereocenters. The second kappa shape index (κ2) is 7.37. The Morgan fingerprint density at radius 1 is 1.25 bits per heavy atom. The van der Waals surface area contributed by atoms with Crippen molar-refractivity contribution in [2.24, 2.45) is 4.99 Å². The molecule has 3 rings (SSSR count). The Kier molecular flexibility index (Phi) is 5.22. The van der Waals surface area contributed by atoms with Gasteiger partial charge in [-0.1, -0.05) is 25.0 Å². The monoisotopic (exact) mass is 330 g/mol. The number of rotatable bonds is 5. The first-order chi connectivity index (χ1) is 11.7. The van der Waals surface area contributed by atoms with Crippen LogP contribution in [-0.4, -0.2) is 44.3 Å². The molecule has 2 fully saturated rings. The fourth-order valence-corrected chi connectivity index (χ4v) is 3.92. The number of isocyanates is 1. The molecule has 2 aliphatic rings. The summed E-state index contributed by atoms with van der Waals surface area (Å²) in [5.41, 5.74) is 0.471. The number of ether oxygens (including phenoxy) is 2. The van der Waals surface area contributed by atoms with Gasteiger partial charge in [0.1, 0.15) is 11.6 Å². The van der Waals surface area contributed by atoms with Gasteiger partial charge in [0.05, 0.1) is 7.11 Å². The number of para-hydroxylation sites is 1. The fourth-order valence-electron chi connectivity index (χ4n) is 3.92. The van der Waals surface area contributed by atoms with Crippen LogP contribution in [0, 0.1) is 0 Å². The Hall–Kier alpha value is -1.84. The Bertz CT molecular complexity index is 611. The molecule has 0 amide bonds. The van der Waals surface area contributed by atoms with E-state index in [0.717, 1.165) is 68.7 Å². The minimum atomic E-state index is -0.503. The summed E-state index contributed by atoms with van der Waals surface area (Å²) >= 11 is 0. The Labute approximate surface area is 143 Å². The second-order valence-electron chi connectivity index (χ2n) is 6.90. The molecule has 1 aliphatic heterocycles. The lowest BCUT2D eigenvalue weighted by molar-refractivity contribution is 0.108. The number of hydrogen-bond donors (Lipinski definition) is 0. The van der Waals surface area contributed by atoms with Crippen molar-refractivity contribution in [1.82, 2.24) is 4.90 Å². The summed E-state index contributed by atoms with van der Waals surface area (Å²) in [7, 11) is 3.79. The van der Waals surface area contributed by atoms with Gasteiger partial charge in [0, 0.05) is 18.7 Å². The van der Waals surface area contributed by atoms with Crippen molar-refractivity contribution < 1.29 is 14.3 Å². The summed E-state index contributed by atoms with van der Waals surface area (Å²) in [6, 6.07) is 5.90. The molecule has 0 atom stereocenters. The van der Waals surface area contributed by atoms with E-state index in [0.29, 0.717) is 0 Å². The van der Waals surface area contributed by atoms with E-state index >= 15 is 0 Å². The first-order valence-electron chi connectivity index (χ1n) is 8.80. The lowest BCUT2D eigenvalue weighted by atomic mass is 9.87. The van der Waals surface area contributed by atoms with Gasteiger partial charge in [-0.25, -0.2) is 4.79 Å². The van der Waals surface area contributed by atoms with E-state index in [2.05, 4.69) is 16.9 Å². The van der Waals surface area contributed by atoms with E-state index in [-0.39, 0.29) is 6.10 Å². The van der Waals surface area contributed by atoms with Gasteiger partial charge >= 0.3 is 0 Å². The van der Waals surface area contributed by atoms with Gasteiger partial charge in [-0.2, -0.15) is 4.99 Å². The van der Waals surface area contributed by atoms with E-state index in [1.165, 1.54) is 0 Å². The second-order valence-corrected chi connectivity index (χ2v) is 6.90. The molecule has 0 aromatic heterocycles. The van der Waals surface area contributed by atoms with Crippen LogP contribution in [0.5, 0.6) is 11.5 Å². The number of piperidine rings is 1. The highest BCUT2D eigenvalue weighted by molar-refractivity contribution is 5.52. The average Bonchev–Trinajstić information content (AvgIpc) is 3.07. The van der Waals surface area contributed by atoms with Crippen molar-refractivity contribution in [3.63, 3.8) is 0 Å². The minimum absolute atomic E-state index is 0.176. The van der Waals surface area contributed by atoms with Gasteiger partial charge < -0.3 is 14.4 Å². The lowest BCUT2D eigenvalue weighted by Gasteiger charge is -2.32. The first kappa shape index (κ1) is 17.0. The predicted molar refractivity (Wildman–Crippen MR) is 92.4 cm³/mol. The number of methoxy groups -OCH3 is 1. The standard InChI is InChI=1S/C19H26N2O3/c1-21-12-8-15(9-13-21)24-18-16(6-5-7-17(18)23-2)19(20-14-22)10-3-4-11-19/h5-7,15H,3-4,8-13H2,1-2H3. The quantitative estimate of drug-likeness (QED) is 0.614. The molecule has 0 radical (unpaired) electrons. The number of aliphatic imine (C=N–C) groups is 1. The van der Waals surface area contributed by atoms with Crippen LogP contribution in [0.1, 0.15) is 44.1 Å². The zero-order valence-electron chi connectivity index (χ0n) is 14.6. The van der Waals surface area contributed by atoms with Crippen LogP contribution in [0.3, 0.4) is 0 Å². The molecule has 1 aliphatic carbocycles. The zero-order valence-corrected chi connectivity index (χ0v) is 14.6. The van der Waals surface area contributed by atoms with Crippen LogP contribution in [0.4, 0.5) is 0 Å². The molecule has 0 spiro atoms. The first-order valence-corrected chi connectivity index (χ1v) is 8.80. The molecule has 1 saturated carbocycles. The molecule has 1 aromatic rings. The number of hydrogen-bond acceptors (Lipinski definition) is 5. The average molecular weight is 330 g/mol. The molecule has 1 saturated heterocycles. The van der Waals surface area contributed by atoms with Crippen molar-refractivity contribution in [1.29, 1.82) is 0 Å². The van der Waals surface area contributed by atoms with Gasteiger partial charge in [0.15, 0.2) is 11.5 Å². The predicted octanol–water partition coefficient (Wildman–Crippen LogP) is 3.27. The molecule has 130 valence electrons. The van der Waals surface area contributed by atoms with Crippen molar-refractivity contribution in [2.45, 2.75) is 50.2 Å². The molecule has 24 heavy (non-hydrogen) atoms. The van der Waals surface area contributed by atoms with Crippen LogP contribution < -0.4 is 9.47 Å². The SMILES string of the molecule is COc1cccc(C2(N=C=O)CCCC2)c1OC1CCN(C)CC1. The van der Waals surface area contributed by atoms with Gasteiger partial charge in [0.25, 0.3) is 0 Å². The Morgan fingerprint density at radius 2 is 1.96 bits per heavy atom. The van der Waals surface area contributed by atoms with Gasteiger partial charge in [-0.15, -0.1) is 0 Å². The molecule has 0 bridgehead atoms. The Morgan fingerprint density at radius 3 is 2.58 bits per heavy atom. The topological polar surface area (TPSA) is 51.1 Å². The van der Waals surface area contributed by atoms with Gasteiger partial charge in [-0.05, 0) is 38.8 Å². The Balaban J connectivity index is 1.96. The third-order valence-corrected chi connectivity index (χ3v) is 5.34. The van der Waals surface area contributed by atoms with Crippen LogP contribution in [0.25, 0.3) is 0 Å². The summed E-state index contributed by atoms with van der Waals surface area (Å²) in [6.07, 6.45) is 7.82. The highest BCUT2D eigenvalue weighted by Crippen LogP contribution is 2.48. The van der Waals surface area contributed by atoms with Crippen molar-refractivity contribution in [2.75, 3.05) is 27.2 Å². The molecule has 5 heteroatoms. The number of carbonyl (C=O) groups excluding carboxylic acids is 1. The number of benzene rings is 1. The summed E-state index contributed by atoms with van der Waals surface area (Å²) in [6.45, 7) is 2.07. The van der Waals surface area contributed by atoms with Crippen LogP contribution in [0.2, 0.25) is 0 Å². The summed E-state index contributed by atoms with van der Waals surface area (Å²) in [5.74, 6) is 1.48. The van der Waals surface area contributed by atoms with E-state index in [1.807, 2.05) is 18.2 Å². The maximum absolute atomic E-state index is 11.1. The van der Waals surface area contributed by atoms with Gasteiger partial charge in [-0.3, -0.25) is 0 Å². The molecular weight excluding hydrogens is 304 g/mol. The van der Waals surface area contributed by atoms with Crippen LogP contribution >= 0.6 is 0 Å². The number of likely N-dealkylation sites (tertiary alicyclic amines) is 1. The molecule has 1 heterocycles. The minimum Gasteiger partial charge on any atom is -0.493 e. The maximum Gasteiger partial charge on any atom is 0.235 e. The van der Waals surface area contributed by atoms with Crippen molar-refractivity contribution >= 4 is 6.08 Å². The smallest absolute Gasteiger partial charge is 0.235 e. The normalized spacial score (nSPS) is 21.2. The van der Waals surface area contributed by atoms with E-state index in [9.17, 15) is 4.79 Å². The third-order valence-electron chi connectivity index (χ3n) is 5.34. The fraction of sp³-hybridized carbons (Fsp3) is 0.632. The maximum atomic E-state index is 11.1. The summed E-state index contributed by atoms with van der Waals surface area (Å²) in [5, 5.41) is 0. The highest BCUT2D eigenvalue weighted by Gasteiger charge is 2.39.